The van der Waals surface area contributed by atoms with Crippen molar-refractivity contribution in [1.29, 1.82) is 0 Å². The molecule has 156 valence electrons. The third kappa shape index (κ3) is 4.45. The maximum absolute atomic E-state index is 12.4. The maximum Gasteiger partial charge on any atom is 0.326 e. The molecule has 2 aromatic rings. The van der Waals surface area contributed by atoms with Crippen LogP contribution in [-0.2, 0) is 25.5 Å². The molecule has 2 aromatic carbocycles. The largest absolute Gasteiger partial charge is 0.491 e. The number of aryl methyl sites for hydroxylation is 1. The molecule has 0 saturated carbocycles. The summed E-state index contributed by atoms with van der Waals surface area (Å²) in [5.74, 6) is -0.666. The molecule has 2 amide bonds. The van der Waals surface area contributed by atoms with E-state index in [0.29, 0.717) is 11.4 Å². The maximum atomic E-state index is 12.4. The minimum Gasteiger partial charge on any atom is -0.491 e. The molecular formula is C23H24N2O5. The Labute approximate surface area is 175 Å². The van der Waals surface area contributed by atoms with Crippen molar-refractivity contribution in [2.75, 3.05) is 24.7 Å². The normalized spacial score (nSPS) is 17.8. The molecule has 0 bridgehead atoms. The number of para-hydroxylation sites is 2. The molecule has 0 unspecified atom stereocenters. The van der Waals surface area contributed by atoms with Gasteiger partial charge in [-0.1, -0.05) is 36.4 Å². The summed E-state index contributed by atoms with van der Waals surface area (Å²) >= 11 is 0. The lowest BCUT2D eigenvalue weighted by molar-refractivity contribution is -0.147. The number of rotatable bonds is 5. The van der Waals surface area contributed by atoms with Crippen molar-refractivity contribution >= 4 is 23.5 Å². The van der Waals surface area contributed by atoms with Crippen LogP contribution in [0.2, 0.25) is 0 Å². The Bertz CT molecular complexity index is 958. The second-order valence-corrected chi connectivity index (χ2v) is 7.42. The molecule has 1 heterocycles. The number of ether oxygens (including phenoxy) is 2. The molecule has 0 fully saturated rings. The van der Waals surface area contributed by atoms with E-state index in [9.17, 15) is 14.4 Å². The van der Waals surface area contributed by atoms with Gasteiger partial charge in [0.15, 0.2) is 6.61 Å². The van der Waals surface area contributed by atoms with Crippen molar-refractivity contribution in [1.82, 2.24) is 5.32 Å². The third-order valence-electron chi connectivity index (χ3n) is 5.39. The van der Waals surface area contributed by atoms with Gasteiger partial charge in [0.25, 0.3) is 5.91 Å². The number of amides is 2. The van der Waals surface area contributed by atoms with Crippen LogP contribution < -0.4 is 15.0 Å². The minimum atomic E-state index is -0.640. The van der Waals surface area contributed by atoms with E-state index in [1.165, 1.54) is 10.5 Å². The fourth-order valence-electron chi connectivity index (χ4n) is 3.95. The third-order valence-corrected chi connectivity index (χ3v) is 5.39. The lowest BCUT2D eigenvalue weighted by atomic mass is 9.88. The second-order valence-electron chi connectivity index (χ2n) is 7.42. The van der Waals surface area contributed by atoms with Crippen LogP contribution in [0.25, 0.3) is 0 Å². The number of hydrogen-bond acceptors (Lipinski definition) is 5. The van der Waals surface area contributed by atoms with Crippen molar-refractivity contribution in [2.45, 2.75) is 31.7 Å². The summed E-state index contributed by atoms with van der Waals surface area (Å²) in [7, 11) is 0. The Morgan fingerprint density at radius 2 is 1.90 bits per heavy atom. The topological polar surface area (TPSA) is 84.9 Å². The van der Waals surface area contributed by atoms with Crippen LogP contribution >= 0.6 is 0 Å². The van der Waals surface area contributed by atoms with E-state index in [1.807, 2.05) is 18.2 Å². The minimum absolute atomic E-state index is 0.0719. The van der Waals surface area contributed by atoms with E-state index in [0.717, 1.165) is 24.8 Å². The van der Waals surface area contributed by atoms with E-state index in [2.05, 4.69) is 11.4 Å². The summed E-state index contributed by atoms with van der Waals surface area (Å²) in [4.78, 5) is 38.4. The highest BCUT2D eigenvalue weighted by Gasteiger charge is 2.26. The molecule has 7 heteroatoms. The number of carbonyl (C=O) groups is 3. The number of nitrogens with zero attached hydrogens (tertiary/aromatic N) is 1. The second kappa shape index (κ2) is 8.98. The predicted molar refractivity (Wildman–Crippen MR) is 110 cm³/mol. The average molecular weight is 408 g/mol. The van der Waals surface area contributed by atoms with E-state index in [1.54, 1.807) is 24.3 Å². The summed E-state index contributed by atoms with van der Waals surface area (Å²) in [6.07, 6.45) is 3.03. The van der Waals surface area contributed by atoms with E-state index in [-0.39, 0.29) is 44.0 Å². The number of anilines is 1. The van der Waals surface area contributed by atoms with E-state index < -0.39 is 5.97 Å². The number of nitrogens with one attached hydrogen (secondary N) is 1. The zero-order chi connectivity index (χ0) is 20.9. The Morgan fingerprint density at radius 1 is 1.10 bits per heavy atom. The van der Waals surface area contributed by atoms with E-state index in [4.69, 9.17) is 9.47 Å². The first-order chi connectivity index (χ1) is 14.6. The monoisotopic (exact) mass is 408 g/mol. The standard InChI is InChI=1S/C23H24N2O5/c26-21(24-18-9-5-7-16-6-1-2-8-17(16)18)15-30-23(28)14-25-19-10-3-4-11-20(19)29-13-12-22(25)27/h1-4,6,8,10-11,18H,5,7,9,12-15H2,(H,24,26)/t18-/m0/s1. The molecule has 1 aliphatic carbocycles. The molecule has 1 aliphatic heterocycles. The molecular weight excluding hydrogens is 384 g/mol. The number of fused-ring (bicyclic) bond motifs is 2. The van der Waals surface area contributed by atoms with Gasteiger partial charge in [0, 0.05) is 0 Å². The lowest BCUT2D eigenvalue weighted by Gasteiger charge is -2.26. The molecule has 7 nitrogen and oxygen atoms in total. The van der Waals surface area contributed by atoms with Gasteiger partial charge in [-0.2, -0.15) is 0 Å². The quantitative estimate of drug-likeness (QED) is 0.769. The summed E-state index contributed by atoms with van der Waals surface area (Å²) in [6, 6.07) is 15.0. The van der Waals surface area contributed by atoms with Gasteiger partial charge in [0.05, 0.1) is 24.8 Å². The van der Waals surface area contributed by atoms with Gasteiger partial charge in [-0.05, 0) is 42.5 Å². The van der Waals surface area contributed by atoms with Gasteiger partial charge in [-0.3, -0.25) is 19.3 Å². The molecule has 0 radical (unpaired) electrons. The van der Waals surface area contributed by atoms with Crippen LogP contribution in [0.1, 0.15) is 36.4 Å². The average Bonchev–Trinajstić information content (AvgIpc) is 2.91. The summed E-state index contributed by atoms with van der Waals surface area (Å²) in [6.45, 7) is -0.386. The first-order valence-corrected chi connectivity index (χ1v) is 10.2. The van der Waals surface area contributed by atoms with Crippen LogP contribution in [0.3, 0.4) is 0 Å². The smallest absolute Gasteiger partial charge is 0.326 e. The van der Waals surface area contributed by atoms with Crippen molar-refractivity contribution in [3.05, 3.63) is 59.7 Å². The van der Waals surface area contributed by atoms with Crippen molar-refractivity contribution in [3.8, 4) is 5.75 Å². The van der Waals surface area contributed by atoms with Gasteiger partial charge < -0.3 is 14.8 Å². The first-order valence-electron chi connectivity index (χ1n) is 10.2. The lowest BCUT2D eigenvalue weighted by Crippen LogP contribution is -2.38. The molecule has 4 rings (SSSR count). The summed E-state index contributed by atoms with van der Waals surface area (Å²) in [5, 5.41) is 2.95. The van der Waals surface area contributed by atoms with Crippen LogP contribution in [0.4, 0.5) is 5.69 Å². The number of benzene rings is 2. The van der Waals surface area contributed by atoms with Crippen molar-refractivity contribution in [3.63, 3.8) is 0 Å². The van der Waals surface area contributed by atoms with Gasteiger partial charge in [-0.15, -0.1) is 0 Å². The highest BCUT2D eigenvalue weighted by Crippen LogP contribution is 2.31. The molecule has 0 spiro atoms. The fourth-order valence-corrected chi connectivity index (χ4v) is 3.95. The molecule has 2 aliphatic rings. The van der Waals surface area contributed by atoms with Crippen LogP contribution in [0.5, 0.6) is 5.75 Å². The Kier molecular flexibility index (Phi) is 5.97. The zero-order valence-electron chi connectivity index (χ0n) is 16.6. The van der Waals surface area contributed by atoms with Gasteiger partial charge in [0.2, 0.25) is 5.91 Å². The molecule has 1 N–H and O–H groups in total. The molecule has 30 heavy (non-hydrogen) atoms. The Balaban J connectivity index is 1.33. The van der Waals surface area contributed by atoms with Crippen LogP contribution in [0.15, 0.2) is 48.5 Å². The highest BCUT2D eigenvalue weighted by molar-refractivity contribution is 5.99. The molecule has 0 saturated heterocycles. The summed E-state index contributed by atoms with van der Waals surface area (Å²) < 4.78 is 10.7. The molecule has 0 aromatic heterocycles. The predicted octanol–water partition coefficient (Wildman–Crippen LogP) is 2.54. The Hall–Kier alpha value is -3.35. The molecule has 1 atom stereocenters. The first kappa shape index (κ1) is 19.9. The van der Waals surface area contributed by atoms with E-state index >= 15 is 0 Å². The van der Waals surface area contributed by atoms with Crippen molar-refractivity contribution < 1.29 is 23.9 Å². The van der Waals surface area contributed by atoms with Crippen LogP contribution in [-0.4, -0.2) is 37.5 Å². The number of esters is 1. The summed E-state index contributed by atoms with van der Waals surface area (Å²) in [5.41, 5.74) is 2.89. The number of hydrogen-bond donors (Lipinski definition) is 1. The van der Waals surface area contributed by atoms with Crippen molar-refractivity contribution in [2.24, 2.45) is 0 Å². The van der Waals surface area contributed by atoms with Gasteiger partial charge >= 0.3 is 5.97 Å². The number of carbonyl (C=O) groups excluding carboxylic acids is 3. The van der Waals surface area contributed by atoms with Gasteiger partial charge in [0.1, 0.15) is 12.3 Å². The van der Waals surface area contributed by atoms with Gasteiger partial charge in [-0.25, -0.2) is 0 Å². The SMILES string of the molecule is O=C(COC(=O)CN1C(=O)CCOc2ccccc21)N[C@H]1CCCc2ccccc21. The Morgan fingerprint density at radius 3 is 2.80 bits per heavy atom. The highest BCUT2D eigenvalue weighted by atomic mass is 16.5. The van der Waals surface area contributed by atoms with Crippen LogP contribution in [0, 0.1) is 0 Å². The zero-order valence-corrected chi connectivity index (χ0v) is 16.6. The fraction of sp³-hybridized carbons (Fsp3) is 0.348.